The van der Waals surface area contributed by atoms with Gasteiger partial charge in [-0.1, -0.05) is 5.16 Å². The number of hydrogen-bond acceptors (Lipinski definition) is 6. The number of nitrogens with zero attached hydrogens (tertiary/aromatic N) is 3. The molecule has 2 aromatic rings. The molecule has 1 unspecified atom stereocenters. The molecule has 1 aliphatic rings. The molecule has 7 nitrogen and oxygen atoms in total. The first-order valence-electron chi connectivity index (χ1n) is 9.45. The summed E-state index contributed by atoms with van der Waals surface area (Å²) in [5.74, 6) is 1.16. The quantitative estimate of drug-likeness (QED) is 0.572. The van der Waals surface area contributed by atoms with Gasteiger partial charge in [-0.2, -0.15) is 0 Å². The fraction of sp³-hybridized carbons (Fsp3) is 0.550. The predicted molar refractivity (Wildman–Crippen MR) is 100 cm³/mol. The molecule has 3 heterocycles. The first-order valence-corrected chi connectivity index (χ1v) is 9.45. The molecule has 1 atom stereocenters. The lowest BCUT2D eigenvalue weighted by atomic mass is 9.97. The minimum atomic E-state index is -0.158. The van der Waals surface area contributed by atoms with Crippen molar-refractivity contribution in [2.24, 2.45) is 5.92 Å². The lowest BCUT2D eigenvalue weighted by molar-refractivity contribution is -0.149. The Morgan fingerprint density at radius 1 is 1.30 bits per heavy atom. The molecule has 146 valence electrons. The Bertz CT molecular complexity index is 836. The van der Waals surface area contributed by atoms with Gasteiger partial charge in [0.1, 0.15) is 5.76 Å². The third kappa shape index (κ3) is 4.13. The Hall–Kier alpha value is -2.41. The minimum Gasteiger partial charge on any atom is -0.466 e. The molecule has 2 aromatic heterocycles. The molecular formula is C20H27N3O4. The van der Waals surface area contributed by atoms with Gasteiger partial charge >= 0.3 is 5.97 Å². The highest BCUT2D eigenvalue weighted by Gasteiger charge is 2.28. The zero-order valence-electron chi connectivity index (χ0n) is 16.4. The Kier molecular flexibility index (Phi) is 5.79. The Morgan fingerprint density at radius 3 is 2.74 bits per heavy atom. The van der Waals surface area contributed by atoms with Crippen LogP contribution in [-0.2, 0) is 9.53 Å². The number of hydrogen-bond donors (Lipinski definition) is 0. The summed E-state index contributed by atoms with van der Waals surface area (Å²) in [6, 6.07) is 3.75. The van der Waals surface area contributed by atoms with E-state index in [4.69, 9.17) is 9.26 Å². The molecule has 0 aromatic carbocycles. The van der Waals surface area contributed by atoms with Crippen molar-refractivity contribution in [1.82, 2.24) is 14.6 Å². The molecule has 1 saturated heterocycles. The number of carbonyl (C=O) groups excluding carboxylic acids is 2. The summed E-state index contributed by atoms with van der Waals surface area (Å²) in [6.07, 6.45) is 1.72. The number of likely N-dealkylation sites (tertiary alicyclic amines) is 1. The van der Waals surface area contributed by atoms with E-state index in [0.717, 1.165) is 36.5 Å². The van der Waals surface area contributed by atoms with E-state index in [9.17, 15) is 9.59 Å². The number of rotatable bonds is 6. The van der Waals surface area contributed by atoms with Crippen LogP contribution >= 0.6 is 0 Å². The maximum Gasteiger partial charge on any atom is 0.310 e. The van der Waals surface area contributed by atoms with E-state index in [1.165, 1.54) is 0 Å². The molecule has 1 aliphatic heterocycles. The number of aryl methyl sites for hydroxylation is 2. The summed E-state index contributed by atoms with van der Waals surface area (Å²) >= 11 is 0. The van der Waals surface area contributed by atoms with Crippen LogP contribution in [0, 0.1) is 26.7 Å². The fourth-order valence-electron chi connectivity index (χ4n) is 3.80. The number of esters is 1. The molecule has 27 heavy (non-hydrogen) atoms. The van der Waals surface area contributed by atoms with E-state index in [-0.39, 0.29) is 17.7 Å². The third-order valence-electron chi connectivity index (χ3n) is 5.07. The maximum absolute atomic E-state index is 12.9. The van der Waals surface area contributed by atoms with Crippen molar-refractivity contribution >= 4 is 11.8 Å². The minimum absolute atomic E-state index is 0.0547. The first-order chi connectivity index (χ1) is 12.9. The van der Waals surface area contributed by atoms with Gasteiger partial charge in [0.25, 0.3) is 0 Å². The predicted octanol–water partition coefficient (Wildman–Crippen LogP) is 2.85. The summed E-state index contributed by atoms with van der Waals surface area (Å²) in [6.45, 7) is 9.61. The molecular weight excluding hydrogens is 346 g/mol. The monoisotopic (exact) mass is 373 g/mol. The topological polar surface area (TPSA) is 77.6 Å². The molecule has 1 fully saturated rings. The number of piperidine rings is 1. The van der Waals surface area contributed by atoms with E-state index < -0.39 is 0 Å². The van der Waals surface area contributed by atoms with E-state index in [1.54, 1.807) is 0 Å². The third-order valence-corrected chi connectivity index (χ3v) is 5.07. The highest BCUT2D eigenvalue weighted by atomic mass is 16.5. The lowest BCUT2D eigenvalue weighted by Gasteiger charge is -2.30. The van der Waals surface area contributed by atoms with Crippen LogP contribution in [0.4, 0.5) is 0 Å². The van der Waals surface area contributed by atoms with Crippen LogP contribution in [0.3, 0.4) is 0 Å². The van der Waals surface area contributed by atoms with Crippen molar-refractivity contribution in [2.75, 3.05) is 26.2 Å². The van der Waals surface area contributed by atoms with Crippen molar-refractivity contribution in [3.8, 4) is 5.82 Å². The number of carbonyl (C=O) groups is 2. The highest BCUT2D eigenvalue weighted by molar-refractivity contribution is 5.99. The largest absolute Gasteiger partial charge is 0.466 e. The Balaban J connectivity index is 1.72. The first kappa shape index (κ1) is 19.4. The van der Waals surface area contributed by atoms with Gasteiger partial charge in [-0.15, -0.1) is 0 Å². The molecule has 0 N–H and O–H groups in total. The molecule has 7 heteroatoms. The van der Waals surface area contributed by atoms with Gasteiger partial charge in [0.2, 0.25) is 0 Å². The van der Waals surface area contributed by atoms with Crippen molar-refractivity contribution in [3.63, 3.8) is 0 Å². The van der Waals surface area contributed by atoms with E-state index >= 15 is 0 Å². The number of ether oxygens (including phenoxy) is 1. The highest BCUT2D eigenvalue weighted by Crippen LogP contribution is 2.23. The van der Waals surface area contributed by atoms with Gasteiger partial charge in [-0.25, -0.2) is 0 Å². The molecule has 3 rings (SSSR count). The van der Waals surface area contributed by atoms with Crippen LogP contribution in [0.15, 0.2) is 16.7 Å². The van der Waals surface area contributed by atoms with Crippen LogP contribution in [0.1, 0.15) is 47.3 Å². The second kappa shape index (κ2) is 8.08. The molecule has 0 amide bonds. The zero-order valence-corrected chi connectivity index (χ0v) is 16.4. The van der Waals surface area contributed by atoms with Gasteiger partial charge in [0.15, 0.2) is 11.6 Å². The van der Waals surface area contributed by atoms with Crippen LogP contribution in [-0.4, -0.2) is 52.6 Å². The van der Waals surface area contributed by atoms with E-state index in [1.807, 2.05) is 44.4 Å². The van der Waals surface area contributed by atoms with Gasteiger partial charge in [-0.3, -0.25) is 19.1 Å². The van der Waals surface area contributed by atoms with Crippen molar-refractivity contribution < 1.29 is 18.8 Å². The average Bonchev–Trinajstić information content (AvgIpc) is 3.18. The SMILES string of the molecule is CCOC(=O)C1CCCN(CC(=O)c2cc(C)n(-c3cc(C)on3)c2C)C1. The summed E-state index contributed by atoms with van der Waals surface area (Å²) in [4.78, 5) is 27.0. The van der Waals surface area contributed by atoms with E-state index in [2.05, 4.69) is 10.1 Å². The molecule has 0 bridgehead atoms. The van der Waals surface area contributed by atoms with Crippen LogP contribution < -0.4 is 0 Å². The fourth-order valence-corrected chi connectivity index (χ4v) is 3.80. The maximum atomic E-state index is 12.9. The average molecular weight is 373 g/mol. The number of Topliss-reactive ketones (excluding diaryl/α,β-unsaturated/α-hetero) is 1. The summed E-state index contributed by atoms with van der Waals surface area (Å²) in [5.41, 5.74) is 2.48. The van der Waals surface area contributed by atoms with Crippen LogP contribution in [0.2, 0.25) is 0 Å². The van der Waals surface area contributed by atoms with Crippen LogP contribution in [0.25, 0.3) is 5.82 Å². The number of ketones is 1. The summed E-state index contributed by atoms with van der Waals surface area (Å²) < 4.78 is 12.2. The van der Waals surface area contributed by atoms with Gasteiger partial charge < -0.3 is 9.26 Å². The standard InChI is InChI=1S/C20H27N3O4/c1-5-26-20(25)16-7-6-8-22(11-16)12-18(24)17-9-13(2)23(15(17)4)19-10-14(3)27-21-19/h9-10,16H,5-8,11-12H2,1-4H3. The Labute approximate surface area is 159 Å². The second-order valence-electron chi connectivity index (χ2n) is 7.17. The van der Waals surface area contributed by atoms with Crippen molar-refractivity contribution in [3.05, 3.63) is 34.8 Å². The van der Waals surface area contributed by atoms with Gasteiger partial charge in [0, 0.05) is 29.6 Å². The molecule has 0 aliphatic carbocycles. The number of aromatic nitrogens is 2. The van der Waals surface area contributed by atoms with Crippen molar-refractivity contribution in [2.45, 2.75) is 40.5 Å². The lowest BCUT2D eigenvalue weighted by Crippen LogP contribution is -2.41. The smallest absolute Gasteiger partial charge is 0.310 e. The molecule has 0 saturated carbocycles. The van der Waals surface area contributed by atoms with Gasteiger partial charge in [0.05, 0.1) is 19.1 Å². The van der Waals surface area contributed by atoms with Gasteiger partial charge in [-0.05, 0) is 53.1 Å². The molecule has 0 spiro atoms. The summed E-state index contributed by atoms with van der Waals surface area (Å²) in [7, 11) is 0. The normalized spacial score (nSPS) is 17.9. The van der Waals surface area contributed by atoms with Crippen LogP contribution in [0.5, 0.6) is 0 Å². The summed E-state index contributed by atoms with van der Waals surface area (Å²) in [5, 5.41) is 4.06. The molecule has 0 radical (unpaired) electrons. The zero-order chi connectivity index (χ0) is 19.6. The Morgan fingerprint density at radius 2 is 2.07 bits per heavy atom. The van der Waals surface area contributed by atoms with E-state index in [0.29, 0.717) is 31.1 Å². The van der Waals surface area contributed by atoms with Crippen molar-refractivity contribution in [1.29, 1.82) is 0 Å². The second-order valence-corrected chi connectivity index (χ2v) is 7.17.